The zero-order valence-electron chi connectivity index (χ0n) is 13.6. The molecule has 2 aromatic rings. The van der Waals surface area contributed by atoms with Gasteiger partial charge in [0.1, 0.15) is 0 Å². The topological polar surface area (TPSA) is 41.4 Å². The minimum Gasteiger partial charge on any atom is -0.340 e. The second-order valence-electron chi connectivity index (χ2n) is 6.16. The number of piperazine rings is 1. The number of nitrogens with zero attached hydrogens (tertiary/aromatic N) is 4. The van der Waals surface area contributed by atoms with Gasteiger partial charge in [0.05, 0.1) is 13.1 Å². The van der Waals surface area contributed by atoms with E-state index >= 15 is 0 Å². The summed E-state index contributed by atoms with van der Waals surface area (Å²) < 4.78 is 1.93. The van der Waals surface area contributed by atoms with Gasteiger partial charge in [0.25, 0.3) is 0 Å². The molecule has 0 N–H and O–H groups in total. The Kier molecular flexibility index (Phi) is 5.08. The van der Waals surface area contributed by atoms with E-state index in [-0.39, 0.29) is 5.91 Å². The van der Waals surface area contributed by atoms with Gasteiger partial charge >= 0.3 is 0 Å². The fourth-order valence-electron chi connectivity index (χ4n) is 3.04. The Hall–Kier alpha value is -2.14. The maximum absolute atomic E-state index is 12.4. The average Bonchev–Trinajstić information content (AvgIpc) is 3.07. The molecule has 5 heteroatoms. The smallest absolute Gasteiger partial charge is 0.236 e. The summed E-state index contributed by atoms with van der Waals surface area (Å²) in [5, 5.41) is 4.24. The fourth-order valence-corrected chi connectivity index (χ4v) is 3.04. The van der Waals surface area contributed by atoms with Crippen LogP contribution in [0.1, 0.15) is 12.5 Å². The lowest BCUT2D eigenvalue weighted by atomic mass is 10.1. The number of rotatable bonds is 6. The van der Waals surface area contributed by atoms with Crippen LogP contribution in [0.2, 0.25) is 0 Å². The first kappa shape index (κ1) is 15.7. The van der Waals surface area contributed by atoms with Crippen LogP contribution in [0.4, 0.5) is 0 Å². The number of hydrogen-bond donors (Lipinski definition) is 0. The largest absolute Gasteiger partial charge is 0.340 e. The quantitative estimate of drug-likeness (QED) is 0.814. The van der Waals surface area contributed by atoms with E-state index in [1.165, 1.54) is 5.56 Å². The molecular formula is C18H24N4O. The summed E-state index contributed by atoms with van der Waals surface area (Å²) in [4.78, 5) is 16.6. The van der Waals surface area contributed by atoms with Crippen molar-refractivity contribution >= 4 is 5.91 Å². The van der Waals surface area contributed by atoms with Gasteiger partial charge in [-0.2, -0.15) is 5.10 Å². The number of carbonyl (C=O) groups is 1. The van der Waals surface area contributed by atoms with Crippen LogP contribution in [0.15, 0.2) is 48.8 Å². The molecule has 1 amide bonds. The molecule has 0 aliphatic carbocycles. The molecule has 0 bridgehead atoms. The second kappa shape index (κ2) is 7.42. The highest BCUT2D eigenvalue weighted by Crippen LogP contribution is 2.10. The molecule has 5 nitrogen and oxygen atoms in total. The third kappa shape index (κ3) is 4.20. The lowest BCUT2D eigenvalue weighted by molar-refractivity contribution is -0.137. The number of carbonyl (C=O) groups excluding carboxylic acids is 1. The van der Waals surface area contributed by atoms with Gasteiger partial charge in [-0.15, -0.1) is 0 Å². The van der Waals surface area contributed by atoms with Gasteiger partial charge in [0, 0.05) is 38.1 Å². The predicted octanol–water partition coefficient (Wildman–Crippen LogP) is 1.66. The lowest BCUT2D eigenvalue weighted by Crippen LogP contribution is -2.54. The van der Waals surface area contributed by atoms with E-state index < -0.39 is 0 Å². The molecule has 0 radical (unpaired) electrons. The van der Waals surface area contributed by atoms with Gasteiger partial charge < -0.3 is 4.90 Å². The summed E-state index contributed by atoms with van der Waals surface area (Å²) >= 11 is 0. The normalized spacial score (nSPS) is 17.4. The Bertz CT molecular complexity index is 611. The Labute approximate surface area is 137 Å². The summed E-state index contributed by atoms with van der Waals surface area (Å²) in [6.45, 7) is 6.05. The molecule has 2 heterocycles. The minimum atomic E-state index is 0.236. The standard InChI is InChI=1S/C18H24N4O/c1-16(14-22-10-5-9-19-22)21-13-12-20(18(23)15-21)11-8-17-6-3-2-4-7-17/h2-7,9-10,16H,8,11-15H2,1H3/t16-/m1/s1. The summed E-state index contributed by atoms with van der Waals surface area (Å²) in [7, 11) is 0. The molecule has 0 saturated carbocycles. The SMILES string of the molecule is C[C@H](Cn1cccn1)N1CCN(CCc2ccccc2)C(=O)C1. The summed E-state index contributed by atoms with van der Waals surface area (Å²) in [6, 6.07) is 12.6. The maximum Gasteiger partial charge on any atom is 0.236 e. The van der Waals surface area contributed by atoms with Crippen molar-refractivity contribution in [3.8, 4) is 0 Å². The minimum absolute atomic E-state index is 0.236. The van der Waals surface area contributed by atoms with Crippen molar-refractivity contribution in [2.24, 2.45) is 0 Å². The van der Waals surface area contributed by atoms with E-state index in [2.05, 4.69) is 29.1 Å². The highest BCUT2D eigenvalue weighted by molar-refractivity contribution is 5.79. The van der Waals surface area contributed by atoms with Gasteiger partial charge in [-0.1, -0.05) is 30.3 Å². The Morgan fingerprint density at radius 1 is 1.17 bits per heavy atom. The van der Waals surface area contributed by atoms with E-state index in [9.17, 15) is 4.79 Å². The average molecular weight is 312 g/mol. The summed E-state index contributed by atoms with van der Waals surface area (Å²) in [5.41, 5.74) is 1.29. The monoisotopic (exact) mass is 312 g/mol. The van der Waals surface area contributed by atoms with Gasteiger partial charge in [-0.25, -0.2) is 0 Å². The summed E-state index contributed by atoms with van der Waals surface area (Å²) in [6.07, 6.45) is 4.68. The molecule has 1 fully saturated rings. The maximum atomic E-state index is 12.4. The van der Waals surface area contributed by atoms with Crippen molar-refractivity contribution in [1.82, 2.24) is 19.6 Å². The van der Waals surface area contributed by atoms with Crippen molar-refractivity contribution in [2.75, 3.05) is 26.2 Å². The van der Waals surface area contributed by atoms with Crippen molar-refractivity contribution in [3.05, 3.63) is 54.4 Å². The molecule has 0 spiro atoms. The molecule has 1 saturated heterocycles. The van der Waals surface area contributed by atoms with E-state index in [0.717, 1.165) is 32.6 Å². The van der Waals surface area contributed by atoms with Crippen LogP contribution in [-0.2, 0) is 17.8 Å². The van der Waals surface area contributed by atoms with E-state index in [1.807, 2.05) is 40.0 Å². The first-order valence-corrected chi connectivity index (χ1v) is 8.25. The van der Waals surface area contributed by atoms with Gasteiger partial charge in [-0.3, -0.25) is 14.4 Å². The van der Waals surface area contributed by atoms with Crippen molar-refractivity contribution in [3.63, 3.8) is 0 Å². The van der Waals surface area contributed by atoms with Crippen LogP contribution in [0.25, 0.3) is 0 Å². The molecule has 1 aromatic carbocycles. The molecule has 0 unspecified atom stereocenters. The molecular weight excluding hydrogens is 288 g/mol. The predicted molar refractivity (Wildman–Crippen MR) is 90.0 cm³/mol. The fraction of sp³-hybridized carbons (Fsp3) is 0.444. The van der Waals surface area contributed by atoms with Gasteiger partial charge in [0.15, 0.2) is 0 Å². The number of benzene rings is 1. The first-order valence-electron chi connectivity index (χ1n) is 8.25. The zero-order valence-corrected chi connectivity index (χ0v) is 13.6. The molecule has 1 atom stereocenters. The molecule has 1 aliphatic heterocycles. The number of hydrogen-bond acceptors (Lipinski definition) is 3. The highest BCUT2D eigenvalue weighted by Gasteiger charge is 2.26. The second-order valence-corrected chi connectivity index (χ2v) is 6.16. The van der Waals surface area contributed by atoms with Crippen LogP contribution >= 0.6 is 0 Å². The van der Waals surface area contributed by atoms with Gasteiger partial charge in [0.2, 0.25) is 5.91 Å². The Morgan fingerprint density at radius 2 is 2.00 bits per heavy atom. The Morgan fingerprint density at radius 3 is 2.70 bits per heavy atom. The van der Waals surface area contributed by atoms with E-state index in [1.54, 1.807) is 6.20 Å². The molecule has 122 valence electrons. The number of aromatic nitrogens is 2. The molecule has 23 heavy (non-hydrogen) atoms. The Balaban J connectivity index is 1.48. The van der Waals surface area contributed by atoms with E-state index in [0.29, 0.717) is 12.6 Å². The summed E-state index contributed by atoms with van der Waals surface area (Å²) in [5.74, 6) is 0.236. The van der Waals surface area contributed by atoms with Crippen molar-refractivity contribution < 1.29 is 4.79 Å². The van der Waals surface area contributed by atoms with Crippen LogP contribution in [0, 0.1) is 0 Å². The molecule has 1 aliphatic rings. The number of amides is 1. The van der Waals surface area contributed by atoms with Gasteiger partial charge in [-0.05, 0) is 25.0 Å². The highest BCUT2D eigenvalue weighted by atomic mass is 16.2. The van der Waals surface area contributed by atoms with Crippen LogP contribution in [0.5, 0.6) is 0 Å². The van der Waals surface area contributed by atoms with Crippen LogP contribution < -0.4 is 0 Å². The first-order chi connectivity index (χ1) is 11.2. The molecule has 3 rings (SSSR count). The van der Waals surface area contributed by atoms with Crippen LogP contribution in [-0.4, -0.2) is 57.7 Å². The molecule has 1 aromatic heterocycles. The zero-order chi connectivity index (χ0) is 16.1. The van der Waals surface area contributed by atoms with Crippen LogP contribution in [0.3, 0.4) is 0 Å². The van der Waals surface area contributed by atoms with Crippen molar-refractivity contribution in [1.29, 1.82) is 0 Å². The van der Waals surface area contributed by atoms with E-state index in [4.69, 9.17) is 0 Å². The third-order valence-corrected chi connectivity index (χ3v) is 4.50. The third-order valence-electron chi connectivity index (χ3n) is 4.50. The lowest BCUT2D eigenvalue weighted by Gasteiger charge is -2.37. The van der Waals surface area contributed by atoms with Crippen molar-refractivity contribution in [2.45, 2.75) is 25.9 Å².